The van der Waals surface area contributed by atoms with Gasteiger partial charge >= 0.3 is 6.03 Å². The molecular weight excluding hydrogens is 324 g/mol. The minimum absolute atomic E-state index is 0.0190. The van der Waals surface area contributed by atoms with Crippen LogP contribution < -0.4 is 10.2 Å². The van der Waals surface area contributed by atoms with Gasteiger partial charge in [-0.25, -0.2) is 4.79 Å². The normalized spacial score (nSPS) is 13.4. The smallest absolute Gasteiger partial charge is 0.322 e. The maximum absolute atomic E-state index is 12.2. The molecule has 5 heteroatoms. The Morgan fingerprint density at radius 1 is 1.42 bits per heavy atom. The first-order chi connectivity index (χ1) is 9.24. The van der Waals surface area contributed by atoms with Crippen LogP contribution in [0.5, 0.6) is 0 Å². The Kier molecular flexibility index (Phi) is 3.57. The number of carbonyl (C=O) groups is 1. The van der Waals surface area contributed by atoms with Crippen molar-refractivity contribution in [3.8, 4) is 0 Å². The molecule has 1 aliphatic rings. The highest BCUT2D eigenvalue weighted by molar-refractivity contribution is 9.10. The van der Waals surface area contributed by atoms with Gasteiger partial charge < -0.3 is 5.32 Å². The van der Waals surface area contributed by atoms with E-state index in [2.05, 4.69) is 27.3 Å². The number of para-hydroxylation sites is 1. The monoisotopic (exact) mass is 336 g/mol. The van der Waals surface area contributed by atoms with Crippen molar-refractivity contribution in [3.05, 3.63) is 50.6 Å². The van der Waals surface area contributed by atoms with Gasteiger partial charge in [-0.05, 0) is 40.0 Å². The standard InChI is InChI=1S/C14H13BrN2OS/c15-11-7-12(19-9-11)8-16-14(18)17-6-5-10-3-1-2-4-13(10)17/h1-4,7,9H,5-6,8H2,(H,16,18). The van der Waals surface area contributed by atoms with E-state index in [1.54, 1.807) is 11.3 Å². The highest BCUT2D eigenvalue weighted by Crippen LogP contribution is 2.27. The zero-order valence-electron chi connectivity index (χ0n) is 10.2. The topological polar surface area (TPSA) is 32.3 Å². The zero-order valence-corrected chi connectivity index (χ0v) is 12.6. The highest BCUT2D eigenvalue weighted by Gasteiger charge is 2.23. The van der Waals surface area contributed by atoms with Crippen LogP contribution in [0.4, 0.5) is 10.5 Å². The van der Waals surface area contributed by atoms with E-state index < -0.39 is 0 Å². The summed E-state index contributed by atoms with van der Waals surface area (Å²) in [6.07, 6.45) is 0.939. The van der Waals surface area contributed by atoms with Gasteiger partial charge in [-0.2, -0.15) is 0 Å². The molecule has 0 bridgehead atoms. The van der Waals surface area contributed by atoms with Crippen LogP contribution in [-0.4, -0.2) is 12.6 Å². The number of halogens is 1. The Balaban J connectivity index is 1.66. The summed E-state index contributed by atoms with van der Waals surface area (Å²) in [5.41, 5.74) is 2.28. The zero-order chi connectivity index (χ0) is 13.2. The third-order valence-electron chi connectivity index (χ3n) is 3.17. The van der Waals surface area contributed by atoms with Gasteiger partial charge in [0.25, 0.3) is 0 Å². The number of carbonyl (C=O) groups excluding carboxylic acids is 1. The van der Waals surface area contributed by atoms with Crippen LogP contribution in [0.2, 0.25) is 0 Å². The number of anilines is 1. The van der Waals surface area contributed by atoms with Crippen molar-refractivity contribution in [3.63, 3.8) is 0 Å². The summed E-state index contributed by atoms with van der Waals surface area (Å²) in [5.74, 6) is 0. The molecule has 0 aliphatic carbocycles. The van der Waals surface area contributed by atoms with Crippen LogP contribution in [0, 0.1) is 0 Å². The van der Waals surface area contributed by atoms with Crippen LogP contribution in [0.3, 0.4) is 0 Å². The van der Waals surface area contributed by atoms with Crippen LogP contribution in [-0.2, 0) is 13.0 Å². The van der Waals surface area contributed by atoms with Gasteiger partial charge in [0.15, 0.2) is 0 Å². The van der Waals surface area contributed by atoms with Gasteiger partial charge in [0.2, 0.25) is 0 Å². The molecule has 2 amide bonds. The second kappa shape index (κ2) is 5.35. The minimum atomic E-state index is -0.0190. The number of thiophene rings is 1. The third-order valence-corrected chi connectivity index (χ3v) is 4.87. The maximum Gasteiger partial charge on any atom is 0.322 e. The van der Waals surface area contributed by atoms with Crippen LogP contribution >= 0.6 is 27.3 Å². The number of hydrogen-bond donors (Lipinski definition) is 1. The molecule has 0 unspecified atom stereocenters. The van der Waals surface area contributed by atoms with Crippen LogP contribution in [0.15, 0.2) is 40.2 Å². The molecule has 3 nitrogen and oxygen atoms in total. The van der Waals surface area contributed by atoms with E-state index in [1.165, 1.54) is 5.56 Å². The minimum Gasteiger partial charge on any atom is -0.333 e. The second-order valence-electron chi connectivity index (χ2n) is 4.42. The predicted molar refractivity (Wildman–Crippen MR) is 81.7 cm³/mol. The van der Waals surface area contributed by atoms with E-state index in [0.717, 1.165) is 28.0 Å². The summed E-state index contributed by atoms with van der Waals surface area (Å²) in [6.45, 7) is 1.34. The highest BCUT2D eigenvalue weighted by atomic mass is 79.9. The maximum atomic E-state index is 12.2. The average Bonchev–Trinajstić information content (AvgIpc) is 3.02. The SMILES string of the molecule is O=C(NCc1cc(Br)cs1)N1CCc2ccccc21. The lowest BCUT2D eigenvalue weighted by molar-refractivity contribution is 0.246. The van der Waals surface area contributed by atoms with E-state index in [0.29, 0.717) is 6.54 Å². The Morgan fingerprint density at radius 3 is 3.05 bits per heavy atom. The van der Waals surface area contributed by atoms with Crippen LogP contribution in [0.25, 0.3) is 0 Å². The van der Waals surface area contributed by atoms with Crippen molar-refractivity contribution in [1.82, 2.24) is 5.32 Å². The van der Waals surface area contributed by atoms with Crippen molar-refractivity contribution in [1.29, 1.82) is 0 Å². The van der Waals surface area contributed by atoms with Crippen molar-refractivity contribution in [2.45, 2.75) is 13.0 Å². The lowest BCUT2D eigenvalue weighted by Crippen LogP contribution is -2.38. The third kappa shape index (κ3) is 2.67. The van der Waals surface area contributed by atoms with E-state index in [1.807, 2.05) is 34.5 Å². The number of fused-ring (bicyclic) bond motifs is 1. The molecule has 1 aromatic carbocycles. The Hall–Kier alpha value is -1.33. The first-order valence-electron chi connectivity index (χ1n) is 6.10. The summed E-state index contributed by atoms with van der Waals surface area (Å²) in [6, 6.07) is 10.1. The summed E-state index contributed by atoms with van der Waals surface area (Å²) < 4.78 is 1.06. The summed E-state index contributed by atoms with van der Waals surface area (Å²) in [4.78, 5) is 15.2. The Labute approximate surface area is 124 Å². The molecule has 1 aromatic heterocycles. The predicted octanol–water partition coefficient (Wildman–Crippen LogP) is 3.78. The molecule has 0 atom stereocenters. The van der Waals surface area contributed by atoms with Crippen LogP contribution in [0.1, 0.15) is 10.4 Å². The molecule has 98 valence electrons. The molecule has 1 aliphatic heterocycles. The van der Waals surface area contributed by atoms with E-state index in [-0.39, 0.29) is 6.03 Å². The molecule has 2 heterocycles. The first kappa shape index (κ1) is 12.7. The molecule has 0 radical (unpaired) electrons. The van der Waals surface area contributed by atoms with Gasteiger partial charge in [0.1, 0.15) is 0 Å². The van der Waals surface area contributed by atoms with E-state index in [4.69, 9.17) is 0 Å². The summed E-state index contributed by atoms with van der Waals surface area (Å²) in [7, 11) is 0. The molecule has 1 N–H and O–H groups in total. The second-order valence-corrected chi connectivity index (χ2v) is 6.33. The van der Waals surface area contributed by atoms with Gasteiger partial charge in [-0.3, -0.25) is 4.90 Å². The van der Waals surface area contributed by atoms with Gasteiger partial charge in [0, 0.05) is 27.0 Å². The van der Waals surface area contributed by atoms with E-state index in [9.17, 15) is 4.79 Å². The van der Waals surface area contributed by atoms with E-state index >= 15 is 0 Å². The first-order valence-corrected chi connectivity index (χ1v) is 7.77. The molecular formula is C14H13BrN2OS. The van der Waals surface area contributed by atoms with Crippen molar-refractivity contribution in [2.24, 2.45) is 0 Å². The molecule has 19 heavy (non-hydrogen) atoms. The van der Waals surface area contributed by atoms with Gasteiger partial charge in [-0.1, -0.05) is 18.2 Å². The number of rotatable bonds is 2. The molecule has 0 saturated carbocycles. The fourth-order valence-electron chi connectivity index (χ4n) is 2.25. The van der Waals surface area contributed by atoms with Gasteiger partial charge in [-0.15, -0.1) is 11.3 Å². The Morgan fingerprint density at radius 2 is 2.26 bits per heavy atom. The Bertz CT molecular complexity index is 611. The van der Waals surface area contributed by atoms with Crippen molar-refractivity contribution >= 4 is 39.0 Å². The number of nitrogens with one attached hydrogen (secondary N) is 1. The largest absolute Gasteiger partial charge is 0.333 e. The average molecular weight is 337 g/mol. The molecule has 3 rings (SSSR count). The molecule has 2 aromatic rings. The molecule has 0 saturated heterocycles. The van der Waals surface area contributed by atoms with Crippen molar-refractivity contribution < 1.29 is 4.79 Å². The number of hydrogen-bond acceptors (Lipinski definition) is 2. The number of amides is 2. The quantitative estimate of drug-likeness (QED) is 0.889. The lowest BCUT2D eigenvalue weighted by atomic mass is 10.2. The fourth-order valence-corrected chi connectivity index (χ4v) is 3.64. The number of nitrogens with zero attached hydrogens (tertiary/aromatic N) is 1. The number of benzene rings is 1. The van der Waals surface area contributed by atoms with Crippen molar-refractivity contribution in [2.75, 3.05) is 11.4 Å². The number of urea groups is 1. The molecule has 0 spiro atoms. The van der Waals surface area contributed by atoms with Gasteiger partial charge in [0.05, 0.1) is 6.54 Å². The molecule has 0 fully saturated rings. The summed E-state index contributed by atoms with van der Waals surface area (Å²) >= 11 is 5.05. The lowest BCUT2D eigenvalue weighted by Gasteiger charge is -2.17. The fraction of sp³-hybridized carbons (Fsp3) is 0.214. The summed E-state index contributed by atoms with van der Waals surface area (Å²) in [5, 5.41) is 4.99.